The van der Waals surface area contributed by atoms with E-state index < -0.39 is 5.54 Å². The van der Waals surface area contributed by atoms with E-state index in [0.29, 0.717) is 18.8 Å². The first-order chi connectivity index (χ1) is 9.97. The van der Waals surface area contributed by atoms with E-state index in [-0.39, 0.29) is 18.0 Å². The fraction of sp³-hybridized carbons (Fsp3) is 0.562. The van der Waals surface area contributed by atoms with E-state index in [1.165, 1.54) is 12.1 Å². The summed E-state index contributed by atoms with van der Waals surface area (Å²) in [6.45, 7) is 6.85. The second-order valence-electron chi connectivity index (χ2n) is 5.56. The highest BCUT2D eigenvalue weighted by Crippen LogP contribution is 2.26. The van der Waals surface area contributed by atoms with E-state index >= 15 is 0 Å². The molecule has 0 spiro atoms. The third-order valence-corrected chi connectivity index (χ3v) is 5.13. The Morgan fingerprint density at radius 1 is 1.43 bits per heavy atom. The van der Waals surface area contributed by atoms with Crippen molar-refractivity contribution in [3.8, 4) is 0 Å². The van der Waals surface area contributed by atoms with Crippen LogP contribution in [0.4, 0.5) is 4.39 Å². The molecule has 1 aromatic carbocycles. The summed E-state index contributed by atoms with van der Waals surface area (Å²) >= 11 is 3.39. The minimum atomic E-state index is -0.518. The Hall–Kier alpha value is -0.780. The maximum atomic E-state index is 13.4. The lowest BCUT2D eigenvalue weighted by Gasteiger charge is -2.41. The molecule has 2 rings (SSSR count). The third kappa shape index (κ3) is 3.71. The zero-order chi connectivity index (χ0) is 15.5. The molecule has 1 aliphatic heterocycles. The van der Waals surface area contributed by atoms with Gasteiger partial charge in [-0.3, -0.25) is 9.69 Å². The summed E-state index contributed by atoms with van der Waals surface area (Å²) in [6.07, 6.45) is 0.971. The first-order valence-electron chi connectivity index (χ1n) is 7.27. The molecule has 1 fully saturated rings. The van der Waals surface area contributed by atoms with Crippen molar-refractivity contribution in [2.45, 2.75) is 32.2 Å². The van der Waals surface area contributed by atoms with Gasteiger partial charge >= 0.3 is 0 Å². The van der Waals surface area contributed by atoms with Crippen molar-refractivity contribution in [3.63, 3.8) is 0 Å². The maximum Gasteiger partial charge on any atom is 0.157 e. The SMILES string of the molecule is CCC(C)(C(=O)Cc1cc(F)ccc1Br)N1CCOCC1. The van der Waals surface area contributed by atoms with E-state index in [1.54, 1.807) is 6.07 Å². The van der Waals surface area contributed by atoms with Gasteiger partial charge in [0.1, 0.15) is 5.82 Å². The van der Waals surface area contributed by atoms with Crippen LogP contribution in [-0.2, 0) is 16.0 Å². The molecule has 1 saturated heterocycles. The Morgan fingerprint density at radius 2 is 2.10 bits per heavy atom. The van der Waals surface area contributed by atoms with E-state index in [4.69, 9.17) is 4.74 Å². The van der Waals surface area contributed by atoms with Gasteiger partial charge in [-0.25, -0.2) is 4.39 Å². The van der Waals surface area contributed by atoms with Crippen molar-refractivity contribution in [1.29, 1.82) is 0 Å². The van der Waals surface area contributed by atoms with Crippen molar-refractivity contribution in [2.75, 3.05) is 26.3 Å². The molecule has 116 valence electrons. The average molecular weight is 358 g/mol. The topological polar surface area (TPSA) is 29.5 Å². The highest BCUT2D eigenvalue weighted by molar-refractivity contribution is 9.10. The molecule has 21 heavy (non-hydrogen) atoms. The first-order valence-corrected chi connectivity index (χ1v) is 8.06. The van der Waals surface area contributed by atoms with Crippen molar-refractivity contribution < 1.29 is 13.9 Å². The van der Waals surface area contributed by atoms with Gasteiger partial charge in [-0.1, -0.05) is 22.9 Å². The monoisotopic (exact) mass is 357 g/mol. The second kappa shape index (κ2) is 6.99. The van der Waals surface area contributed by atoms with Crippen molar-refractivity contribution in [2.24, 2.45) is 0 Å². The van der Waals surface area contributed by atoms with Crippen LogP contribution in [0.25, 0.3) is 0 Å². The van der Waals surface area contributed by atoms with Crippen molar-refractivity contribution >= 4 is 21.7 Å². The van der Waals surface area contributed by atoms with Crippen molar-refractivity contribution in [3.05, 3.63) is 34.1 Å². The van der Waals surface area contributed by atoms with Crippen LogP contribution in [0, 0.1) is 5.82 Å². The number of carbonyl (C=O) groups is 1. The number of morpholine rings is 1. The first kappa shape index (κ1) is 16.6. The predicted molar refractivity (Wildman–Crippen MR) is 83.9 cm³/mol. The number of benzene rings is 1. The molecule has 3 nitrogen and oxygen atoms in total. The highest BCUT2D eigenvalue weighted by Gasteiger charge is 2.38. The Balaban J connectivity index is 2.17. The molecule has 0 radical (unpaired) electrons. The molecule has 0 aromatic heterocycles. The average Bonchev–Trinajstić information content (AvgIpc) is 2.51. The van der Waals surface area contributed by atoms with Gasteiger partial charge in [0.15, 0.2) is 5.78 Å². The number of carbonyl (C=O) groups excluding carboxylic acids is 1. The zero-order valence-electron chi connectivity index (χ0n) is 12.5. The van der Waals surface area contributed by atoms with E-state index in [9.17, 15) is 9.18 Å². The predicted octanol–water partition coefficient (Wildman–Crippen LogP) is 3.20. The second-order valence-corrected chi connectivity index (χ2v) is 6.42. The summed E-state index contributed by atoms with van der Waals surface area (Å²) in [5.74, 6) is -0.191. The highest BCUT2D eigenvalue weighted by atomic mass is 79.9. The number of nitrogens with zero attached hydrogens (tertiary/aromatic N) is 1. The van der Waals surface area contributed by atoms with Crippen molar-refractivity contribution in [1.82, 2.24) is 4.90 Å². The van der Waals surface area contributed by atoms with Gasteiger partial charge < -0.3 is 4.74 Å². The number of ether oxygens (including phenoxy) is 1. The van der Waals surface area contributed by atoms with Crippen LogP contribution in [0.2, 0.25) is 0 Å². The lowest BCUT2D eigenvalue weighted by Crippen LogP contribution is -2.56. The Bertz CT molecular complexity index is 517. The number of ketones is 1. The van der Waals surface area contributed by atoms with Gasteiger partial charge in [0.25, 0.3) is 0 Å². The normalized spacial score (nSPS) is 19.2. The molecule has 1 unspecified atom stereocenters. The van der Waals surface area contributed by atoms with Gasteiger partial charge in [0.05, 0.1) is 18.8 Å². The number of halogens is 2. The minimum absolute atomic E-state index is 0.123. The number of rotatable bonds is 5. The smallest absolute Gasteiger partial charge is 0.157 e. The fourth-order valence-electron chi connectivity index (χ4n) is 2.70. The number of Topliss-reactive ketones (excluding diaryl/α,β-unsaturated/α-hetero) is 1. The van der Waals surface area contributed by atoms with E-state index in [0.717, 1.165) is 24.0 Å². The molecule has 1 heterocycles. The summed E-state index contributed by atoms with van der Waals surface area (Å²) < 4.78 is 19.5. The summed E-state index contributed by atoms with van der Waals surface area (Å²) in [7, 11) is 0. The summed E-state index contributed by atoms with van der Waals surface area (Å²) in [4.78, 5) is 15.0. The molecular formula is C16H21BrFNO2. The Labute approximate surface area is 133 Å². The van der Waals surface area contributed by atoms with E-state index in [2.05, 4.69) is 20.8 Å². The summed E-state index contributed by atoms with van der Waals surface area (Å²) in [6, 6.07) is 4.46. The van der Waals surface area contributed by atoms with Crippen LogP contribution in [0.15, 0.2) is 22.7 Å². The molecule has 5 heteroatoms. The molecule has 1 atom stereocenters. The van der Waals surface area contributed by atoms with Gasteiger partial charge in [-0.05, 0) is 37.1 Å². The number of hydrogen-bond acceptors (Lipinski definition) is 3. The molecule has 0 bridgehead atoms. The largest absolute Gasteiger partial charge is 0.379 e. The molecule has 0 aliphatic carbocycles. The Morgan fingerprint density at radius 3 is 2.71 bits per heavy atom. The van der Waals surface area contributed by atoms with Gasteiger partial charge in [-0.15, -0.1) is 0 Å². The molecule has 1 aromatic rings. The van der Waals surface area contributed by atoms with Gasteiger partial charge in [0.2, 0.25) is 0 Å². The number of hydrogen-bond donors (Lipinski definition) is 0. The lowest BCUT2D eigenvalue weighted by molar-refractivity contribution is -0.133. The van der Waals surface area contributed by atoms with Gasteiger partial charge in [-0.2, -0.15) is 0 Å². The van der Waals surface area contributed by atoms with Crippen LogP contribution in [-0.4, -0.2) is 42.5 Å². The van der Waals surface area contributed by atoms with E-state index in [1.807, 2.05) is 13.8 Å². The molecular weight excluding hydrogens is 337 g/mol. The molecule has 0 saturated carbocycles. The van der Waals surface area contributed by atoms with Crippen LogP contribution >= 0.6 is 15.9 Å². The summed E-state index contributed by atoms with van der Waals surface area (Å²) in [5, 5.41) is 0. The third-order valence-electron chi connectivity index (χ3n) is 4.36. The standard InChI is InChI=1S/C16H21BrFNO2/c1-3-16(2,19-6-8-21-9-7-19)15(20)11-12-10-13(18)4-5-14(12)17/h4-5,10H,3,6-9,11H2,1-2H3. The summed E-state index contributed by atoms with van der Waals surface area (Å²) in [5.41, 5.74) is 0.183. The molecule has 0 N–H and O–H groups in total. The van der Waals surface area contributed by atoms with Crippen LogP contribution in [0.1, 0.15) is 25.8 Å². The Kier molecular flexibility index (Phi) is 5.52. The zero-order valence-corrected chi connectivity index (χ0v) is 14.1. The lowest BCUT2D eigenvalue weighted by atomic mass is 9.87. The quantitative estimate of drug-likeness (QED) is 0.810. The fourth-order valence-corrected chi connectivity index (χ4v) is 3.08. The van der Waals surface area contributed by atoms with Crippen LogP contribution in [0.3, 0.4) is 0 Å². The van der Waals surface area contributed by atoms with Crippen LogP contribution in [0.5, 0.6) is 0 Å². The molecule has 1 aliphatic rings. The maximum absolute atomic E-state index is 13.4. The van der Waals surface area contributed by atoms with Gasteiger partial charge in [0, 0.05) is 24.0 Å². The minimum Gasteiger partial charge on any atom is -0.379 e. The molecule has 0 amide bonds. The van der Waals surface area contributed by atoms with Crippen LogP contribution < -0.4 is 0 Å².